The summed E-state index contributed by atoms with van der Waals surface area (Å²) in [5, 5.41) is 11.4. The van der Waals surface area contributed by atoms with Crippen molar-refractivity contribution in [3.63, 3.8) is 0 Å². The van der Waals surface area contributed by atoms with Crippen LogP contribution < -0.4 is 10.6 Å². The highest BCUT2D eigenvalue weighted by molar-refractivity contribution is 5.79. The van der Waals surface area contributed by atoms with Gasteiger partial charge in [0.15, 0.2) is 5.96 Å². The van der Waals surface area contributed by atoms with Crippen LogP contribution in [0.1, 0.15) is 41.9 Å². The highest BCUT2D eigenvalue weighted by Crippen LogP contribution is 2.24. The summed E-state index contributed by atoms with van der Waals surface area (Å²) in [6, 6.07) is 8.79. The van der Waals surface area contributed by atoms with E-state index in [0.29, 0.717) is 0 Å². The van der Waals surface area contributed by atoms with Crippen molar-refractivity contribution in [3.8, 4) is 0 Å². The van der Waals surface area contributed by atoms with Gasteiger partial charge in [-0.2, -0.15) is 5.10 Å². The van der Waals surface area contributed by atoms with Crippen LogP contribution in [0.25, 0.3) is 0 Å². The summed E-state index contributed by atoms with van der Waals surface area (Å²) < 4.78 is 1.93. The van der Waals surface area contributed by atoms with Crippen LogP contribution in [0.3, 0.4) is 0 Å². The number of aromatic nitrogens is 2. The minimum Gasteiger partial charge on any atom is -0.355 e. The molecule has 1 aromatic heterocycles. The Morgan fingerprint density at radius 2 is 1.89 bits per heavy atom. The van der Waals surface area contributed by atoms with Gasteiger partial charge in [0.2, 0.25) is 0 Å². The van der Waals surface area contributed by atoms with E-state index < -0.39 is 0 Å². The lowest BCUT2D eigenvalue weighted by Crippen LogP contribution is -2.54. The number of nitrogens with one attached hydrogen (secondary N) is 2. The summed E-state index contributed by atoms with van der Waals surface area (Å²) in [6.45, 7) is 12.4. The molecule has 0 saturated heterocycles. The van der Waals surface area contributed by atoms with Gasteiger partial charge in [0.25, 0.3) is 0 Å². The van der Waals surface area contributed by atoms with Gasteiger partial charge < -0.3 is 10.6 Å². The molecule has 2 heterocycles. The molecule has 0 fully saturated rings. The number of aliphatic imine (C=N–C) groups is 1. The Labute approximate surface area is 169 Å². The number of rotatable bonds is 5. The van der Waals surface area contributed by atoms with Crippen molar-refractivity contribution in [2.24, 2.45) is 12.0 Å². The largest absolute Gasteiger partial charge is 0.355 e. The average molecular weight is 383 g/mol. The third-order valence-electron chi connectivity index (χ3n) is 5.99. The SMILES string of the molecule is CN=C(NCc1c(C)nn(C)c1C)NCC(C)(C)N1CCc2ccccc2C1. The summed E-state index contributed by atoms with van der Waals surface area (Å²) in [5.41, 5.74) is 6.46. The fraction of sp³-hybridized carbons (Fsp3) is 0.545. The number of hydrogen-bond donors (Lipinski definition) is 2. The lowest BCUT2D eigenvalue weighted by molar-refractivity contribution is 0.107. The number of fused-ring (bicyclic) bond motifs is 1. The van der Waals surface area contributed by atoms with Crippen LogP contribution >= 0.6 is 0 Å². The topological polar surface area (TPSA) is 57.5 Å². The Kier molecular flexibility index (Phi) is 6.08. The zero-order valence-corrected chi connectivity index (χ0v) is 18.1. The quantitative estimate of drug-likeness (QED) is 0.616. The number of hydrogen-bond acceptors (Lipinski definition) is 3. The molecule has 2 aromatic rings. The van der Waals surface area contributed by atoms with Crippen molar-refractivity contribution in [2.75, 3.05) is 20.1 Å². The van der Waals surface area contributed by atoms with Gasteiger partial charge in [-0.1, -0.05) is 24.3 Å². The number of guanidine groups is 1. The van der Waals surface area contributed by atoms with Gasteiger partial charge in [-0.15, -0.1) is 0 Å². The molecule has 0 atom stereocenters. The second-order valence-corrected chi connectivity index (χ2v) is 8.31. The summed E-state index contributed by atoms with van der Waals surface area (Å²) >= 11 is 0. The molecule has 0 radical (unpaired) electrons. The third kappa shape index (κ3) is 4.38. The molecule has 3 rings (SSSR count). The zero-order valence-electron chi connectivity index (χ0n) is 18.1. The van der Waals surface area contributed by atoms with E-state index in [1.54, 1.807) is 0 Å². The van der Waals surface area contributed by atoms with Crippen LogP contribution in [-0.2, 0) is 26.6 Å². The van der Waals surface area contributed by atoms with Crippen LogP contribution in [0.15, 0.2) is 29.3 Å². The van der Waals surface area contributed by atoms with Crippen molar-refractivity contribution >= 4 is 5.96 Å². The van der Waals surface area contributed by atoms with Crippen LogP contribution in [0, 0.1) is 13.8 Å². The molecule has 0 amide bonds. The van der Waals surface area contributed by atoms with E-state index in [1.165, 1.54) is 22.4 Å². The van der Waals surface area contributed by atoms with E-state index in [1.807, 2.05) is 18.8 Å². The zero-order chi connectivity index (χ0) is 20.3. The molecule has 152 valence electrons. The highest BCUT2D eigenvalue weighted by atomic mass is 15.3. The summed E-state index contributed by atoms with van der Waals surface area (Å²) in [4.78, 5) is 6.96. The van der Waals surface area contributed by atoms with E-state index in [-0.39, 0.29) is 5.54 Å². The highest BCUT2D eigenvalue weighted by Gasteiger charge is 2.29. The lowest BCUT2D eigenvalue weighted by Gasteiger charge is -2.42. The average Bonchev–Trinajstić information content (AvgIpc) is 2.93. The van der Waals surface area contributed by atoms with Gasteiger partial charge in [0, 0.05) is 57.1 Å². The number of nitrogens with zero attached hydrogens (tertiary/aromatic N) is 4. The molecular formula is C22H34N6. The van der Waals surface area contributed by atoms with E-state index >= 15 is 0 Å². The first-order valence-electron chi connectivity index (χ1n) is 10.1. The van der Waals surface area contributed by atoms with Gasteiger partial charge in [-0.3, -0.25) is 14.6 Å². The van der Waals surface area contributed by atoms with Gasteiger partial charge in [0.1, 0.15) is 0 Å². The normalized spacial score (nSPS) is 15.4. The van der Waals surface area contributed by atoms with E-state index in [2.05, 4.69) is 77.6 Å². The second-order valence-electron chi connectivity index (χ2n) is 8.31. The Balaban J connectivity index is 1.57. The molecule has 0 aliphatic carbocycles. The first kappa shape index (κ1) is 20.4. The fourth-order valence-electron chi connectivity index (χ4n) is 3.89. The maximum atomic E-state index is 4.49. The second kappa shape index (κ2) is 8.35. The standard InChI is InChI=1S/C22H34N6/c1-16-20(17(2)27(6)26-16)13-24-21(23-5)25-15-22(3,4)28-12-11-18-9-7-8-10-19(18)14-28/h7-10H,11-15H2,1-6H3,(H2,23,24,25). The summed E-state index contributed by atoms with van der Waals surface area (Å²) in [7, 11) is 3.81. The molecule has 1 aliphatic rings. The van der Waals surface area contributed by atoms with Gasteiger partial charge in [0.05, 0.1) is 5.69 Å². The molecule has 0 saturated carbocycles. The van der Waals surface area contributed by atoms with Crippen LogP contribution in [0.4, 0.5) is 0 Å². The Morgan fingerprint density at radius 3 is 2.54 bits per heavy atom. The number of aryl methyl sites for hydroxylation is 2. The summed E-state index contributed by atoms with van der Waals surface area (Å²) in [5.74, 6) is 0.827. The minimum absolute atomic E-state index is 0.0330. The Bertz CT molecular complexity index is 849. The van der Waals surface area contributed by atoms with Crippen LogP contribution in [0.2, 0.25) is 0 Å². The van der Waals surface area contributed by atoms with Crippen molar-refractivity contribution in [1.82, 2.24) is 25.3 Å². The molecule has 28 heavy (non-hydrogen) atoms. The Morgan fingerprint density at radius 1 is 1.18 bits per heavy atom. The molecule has 6 heteroatoms. The number of benzene rings is 1. The first-order valence-corrected chi connectivity index (χ1v) is 10.1. The van der Waals surface area contributed by atoms with Gasteiger partial charge >= 0.3 is 0 Å². The molecule has 2 N–H and O–H groups in total. The van der Waals surface area contributed by atoms with Crippen LogP contribution in [0.5, 0.6) is 0 Å². The predicted octanol–water partition coefficient (Wildman–Crippen LogP) is 2.54. The maximum absolute atomic E-state index is 4.49. The molecule has 0 bridgehead atoms. The van der Waals surface area contributed by atoms with Crippen molar-refractivity contribution in [1.29, 1.82) is 0 Å². The smallest absolute Gasteiger partial charge is 0.191 e. The molecule has 6 nitrogen and oxygen atoms in total. The van der Waals surface area contributed by atoms with Gasteiger partial charge in [-0.05, 0) is 45.2 Å². The molecule has 1 aliphatic heterocycles. The van der Waals surface area contributed by atoms with Crippen molar-refractivity contribution in [2.45, 2.75) is 52.7 Å². The third-order valence-corrected chi connectivity index (χ3v) is 5.99. The van der Waals surface area contributed by atoms with E-state index in [9.17, 15) is 0 Å². The molecular weight excluding hydrogens is 348 g/mol. The molecule has 0 unspecified atom stereocenters. The maximum Gasteiger partial charge on any atom is 0.191 e. The van der Waals surface area contributed by atoms with Crippen molar-refractivity contribution < 1.29 is 0 Å². The lowest BCUT2D eigenvalue weighted by atomic mass is 9.94. The van der Waals surface area contributed by atoms with E-state index in [0.717, 1.165) is 44.3 Å². The van der Waals surface area contributed by atoms with Crippen LogP contribution in [-0.4, -0.2) is 46.3 Å². The Hall–Kier alpha value is -2.34. The predicted molar refractivity (Wildman–Crippen MR) is 116 cm³/mol. The van der Waals surface area contributed by atoms with E-state index in [4.69, 9.17) is 0 Å². The van der Waals surface area contributed by atoms with Gasteiger partial charge in [-0.25, -0.2) is 0 Å². The molecule has 1 aromatic carbocycles. The fourth-order valence-corrected chi connectivity index (χ4v) is 3.89. The first-order chi connectivity index (χ1) is 13.3. The van der Waals surface area contributed by atoms with Crippen molar-refractivity contribution in [3.05, 3.63) is 52.3 Å². The monoisotopic (exact) mass is 382 g/mol. The molecule has 0 spiro atoms. The minimum atomic E-state index is 0.0330. The summed E-state index contributed by atoms with van der Waals surface area (Å²) in [6.07, 6.45) is 1.12.